The number of carbonyl (C=O) groups is 1. The Morgan fingerprint density at radius 2 is 2.19 bits per heavy atom. The van der Waals surface area contributed by atoms with Crippen molar-refractivity contribution in [3.05, 3.63) is 63.6 Å². The van der Waals surface area contributed by atoms with Crippen LogP contribution in [0.4, 0.5) is 0 Å². The van der Waals surface area contributed by atoms with Crippen LogP contribution in [0.5, 0.6) is 11.5 Å². The number of aromatic nitrogens is 3. The minimum absolute atomic E-state index is 0.264. The molecule has 0 saturated heterocycles. The lowest BCUT2D eigenvalue weighted by molar-refractivity contribution is 0.0967. The molecule has 3 heterocycles. The Morgan fingerprint density at radius 1 is 1.33 bits per heavy atom. The largest absolute Gasteiger partial charge is 0.454 e. The van der Waals surface area contributed by atoms with Crippen molar-refractivity contribution >= 4 is 39.9 Å². The molecule has 4 rings (SSSR count). The molecule has 0 unspecified atom stereocenters. The maximum Gasteiger partial charge on any atom is 0.261 e. The summed E-state index contributed by atoms with van der Waals surface area (Å²) < 4.78 is 29.0. The zero-order valence-electron chi connectivity index (χ0n) is 17.1. The molecule has 0 spiro atoms. The summed E-state index contributed by atoms with van der Waals surface area (Å²) in [4.78, 5) is 16.9. The Kier molecular flexibility index (Phi) is 3.69. The molecule has 0 radical (unpaired) electrons. The fraction of sp³-hybridized carbons (Fsp3) is 0.105. The smallest absolute Gasteiger partial charge is 0.261 e. The van der Waals surface area contributed by atoms with Crippen LogP contribution in [0.25, 0.3) is 16.7 Å². The summed E-state index contributed by atoms with van der Waals surface area (Å²) >= 11 is 7.29. The first-order valence-electron chi connectivity index (χ1n) is 9.40. The molecule has 6 nitrogen and oxygen atoms in total. The first kappa shape index (κ1) is 14.2. The molecule has 1 N–H and O–H groups in total. The van der Waals surface area contributed by atoms with Crippen molar-refractivity contribution in [1.82, 2.24) is 20.1 Å². The zero-order chi connectivity index (χ0) is 21.5. The molecule has 8 heteroatoms. The summed E-state index contributed by atoms with van der Waals surface area (Å²) in [6.45, 7) is -0.734. The second kappa shape index (κ2) is 7.02. The summed E-state index contributed by atoms with van der Waals surface area (Å²) in [6.07, 6.45) is 1.64. The number of carbonyl (C=O) groups excluding carboxylic acids is 1. The molecule has 4 aromatic rings. The lowest BCUT2D eigenvalue weighted by Gasteiger charge is -2.10. The van der Waals surface area contributed by atoms with Gasteiger partial charge in [0.2, 0.25) is 0 Å². The molecule has 1 amide bonds. The van der Waals surface area contributed by atoms with Crippen molar-refractivity contribution in [2.24, 2.45) is 0 Å². The number of pyridine rings is 1. The quantitative estimate of drug-likeness (QED) is 0.542. The number of nitrogens with one attached hydrogen (secondary N) is 1. The van der Waals surface area contributed by atoms with Gasteiger partial charge in [-0.1, -0.05) is 23.7 Å². The zero-order valence-corrected chi connectivity index (χ0v) is 15.6. The summed E-state index contributed by atoms with van der Waals surface area (Å²) in [5.74, 6) is 0.416. The second-order valence-electron chi connectivity index (χ2n) is 5.70. The highest BCUT2D eigenvalue weighted by molar-refractivity contribution is 7.12. The van der Waals surface area contributed by atoms with Gasteiger partial charge in [-0.2, -0.15) is 5.10 Å². The molecule has 0 aliphatic heterocycles. The van der Waals surface area contributed by atoms with E-state index in [9.17, 15) is 4.79 Å². The highest BCUT2D eigenvalue weighted by Gasteiger charge is 2.15. The van der Waals surface area contributed by atoms with Gasteiger partial charge < -0.3 is 10.1 Å². The van der Waals surface area contributed by atoms with E-state index in [4.69, 9.17) is 20.5 Å². The van der Waals surface area contributed by atoms with E-state index in [1.807, 2.05) is 30.4 Å². The molecule has 0 bridgehead atoms. The van der Waals surface area contributed by atoms with Crippen LogP contribution in [-0.2, 0) is 0 Å². The summed E-state index contributed by atoms with van der Waals surface area (Å²) in [6, 6.07) is 10.6. The third-order valence-corrected chi connectivity index (χ3v) is 5.14. The molecule has 0 atom stereocenters. The van der Waals surface area contributed by atoms with E-state index in [0.29, 0.717) is 33.6 Å². The lowest BCUT2D eigenvalue weighted by Crippen LogP contribution is -2.16. The highest BCUT2D eigenvalue weighted by Crippen LogP contribution is 2.32. The van der Waals surface area contributed by atoms with Crippen molar-refractivity contribution in [1.29, 1.82) is 0 Å². The van der Waals surface area contributed by atoms with Gasteiger partial charge in [-0.25, -0.2) is 9.67 Å². The molecule has 0 aliphatic rings. The van der Waals surface area contributed by atoms with E-state index in [1.165, 1.54) is 0 Å². The van der Waals surface area contributed by atoms with Crippen LogP contribution >= 0.6 is 22.9 Å². The molecular weight excluding hydrogens is 384 g/mol. The van der Waals surface area contributed by atoms with Crippen molar-refractivity contribution in [2.45, 2.75) is 6.92 Å². The van der Waals surface area contributed by atoms with E-state index >= 15 is 0 Å². The fourth-order valence-electron chi connectivity index (χ4n) is 2.58. The summed E-state index contributed by atoms with van der Waals surface area (Å²) in [5.41, 5.74) is 1.83. The van der Waals surface area contributed by atoms with E-state index in [2.05, 4.69) is 10.1 Å². The van der Waals surface area contributed by atoms with Crippen molar-refractivity contribution in [3.63, 3.8) is 0 Å². The van der Waals surface area contributed by atoms with Gasteiger partial charge in [-0.3, -0.25) is 4.79 Å². The third-order valence-electron chi connectivity index (χ3n) is 3.91. The maximum atomic E-state index is 12.1. The number of rotatable bonds is 4. The average Bonchev–Trinajstić information content (AvgIpc) is 3.29. The van der Waals surface area contributed by atoms with E-state index in [0.717, 1.165) is 16.7 Å². The highest BCUT2D eigenvalue weighted by atomic mass is 35.5. The van der Waals surface area contributed by atoms with Gasteiger partial charge >= 0.3 is 0 Å². The molecule has 27 heavy (non-hydrogen) atoms. The fourth-order valence-corrected chi connectivity index (χ4v) is 3.52. The Labute approximate surface area is 168 Å². The predicted molar refractivity (Wildman–Crippen MR) is 106 cm³/mol. The lowest BCUT2D eigenvalue weighted by atomic mass is 10.2. The van der Waals surface area contributed by atoms with Crippen molar-refractivity contribution in [3.8, 4) is 17.2 Å². The number of hydrogen-bond donors (Lipinski definition) is 1. The Morgan fingerprint density at radius 3 is 3.00 bits per heavy atom. The number of fused-ring (bicyclic) bond motifs is 1. The molecule has 1 aromatic carbocycles. The first-order valence-corrected chi connectivity index (χ1v) is 9.16. The minimum atomic E-state index is -2.55. The Balaban J connectivity index is 1.65. The maximum absolute atomic E-state index is 12.1. The number of para-hydroxylation sites is 1. The van der Waals surface area contributed by atoms with Crippen LogP contribution in [0.2, 0.25) is 5.02 Å². The topological polar surface area (TPSA) is 69.0 Å². The summed E-state index contributed by atoms with van der Waals surface area (Å²) in [7, 11) is 0. The van der Waals surface area contributed by atoms with Gasteiger partial charge in [0.25, 0.3) is 5.91 Å². The van der Waals surface area contributed by atoms with E-state index < -0.39 is 12.9 Å². The third kappa shape index (κ3) is 3.27. The van der Waals surface area contributed by atoms with Crippen LogP contribution in [0.15, 0.2) is 48.0 Å². The summed E-state index contributed by atoms with van der Waals surface area (Å²) in [5, 5.41) is 9.28. The number of thiophene rings is 1. The van der Waals surface area contributed by atoms with E-state index in [-0.39, 0.29) is 4.88 Å². The van der Waals surface area contributed by atoms with Gasteiger partial charge in [0.05, 0.1) is 27.5 Å². The molecule has 0 saturated carbocycles. The number of amides is 1. The molecule has 3 aromatic heterocycles. The Hall–Kier alpha value is -2.90. The van der Waals surface area contributed by atoms with Crippen LogP contribution in [0.3, 0.4) is 0 Å². The molecular formula is C19H15ClN4O2S. The predicted octanol–water partition coefficient (Wildman–Crippen LogP) is 4.60. The Bertz CT molecular complexity index is 1250. The molecule has 0 fully saturated rings. The SMILES string of the molecule is [2H]C([2H])([2H])NC(=O)c1cc(-n2ncc3cc(Oc4ccccc4Cl)c(C)nc32)cs1. The molecule has 136 valence electrons. The number of hydrogen-bond acceptors (Lipinski definition) is 5. The van der Waals surface area contributed by atoms with E-state index in [1.54, 1.807) is 34.5 Å². The minimum Gasteiger partial charge on any atom is -0.454 e. The van der Waals surface area contributed by atoms with Gasteiger partial charge in [0, 0.05) is 21.9 Å². The van der Waals surface area contributed by atoms with Gasteiger partial charge in [-0.05, 0) is 31.2 Å². The number of ether oxygens (including phenoxy) is 1. The average molecular weight is 402 g/mol. The monoisotopic (exact) mass is 401 g/mol. The van der Waals surface area contributed by atoms with Crippen LogP contribution in [0.1, 0.15) is 19.5 Å². The number of nitrogens with zero attached hydrogens (tertiary/aromatic N) is 3. The van der Waals surface area contributed by atoms with Gasteiger partial charge in [0.1, 0.15) is 11.5 Å². The van der Waals surface area contributed by atoms with Crippen molar-refractivity contribution < 1.29 is 13.6 Å². The standard InChI is InChI=1S/C19H15ClN4O2S/c1-11-16(26-15-6-4-3-5-14(15)20)7-12-9-22-24(18(12)23-11)13-8-17(27-10-13)19(25)21-2/h3-10H,1-2H3,(H,21,25)/i2D3. The normalized spacial score (nSPS) is 13.0. The number of aryl methyl sites for hydroxylation is 1. The van der Waals surface area contributed by atoms with Crippen LogP contribution in [-0.4, -0.2) is 27.6 Å². The number of benzene rings is 1. The molecule has 0 aliphatic carbocycles. The first-order chi connectivity index (χ1) is 14.2. The van der Waals surface area contributed by atoms with Crippen molar-refractivity contribution in [2.75, 3.05) is 6.98 Å². The van der Waals surface area contributed by atoms with Gasteiger partial charge in [0.15, 0.2) is 5.65 Å². The van der Waals surface area contributed by atoms with Gasteiger partial charge in [-0.15, -0.1) is 11.3 Å². The van der Waals surface area contributed by atoms with Crippen LogP contribution in [0, 0.1) is 6.92 Å². The second-order valence-corrected chi connectivity index (χ2v) is 7.02. The number of halogens is 1. The van der Waals surface area contributed by atoms with Crippen LogP contribution < -0.4 is 10.1 Å².